The fraction of sp³-hybridized carbons (Fsp3) is 0.750. The molecule has 0 aromatic carbocycles. The number of rotatable bonds is 2. The molecule has 0 aliphatic carbocycles. The van der Waals surface area contributed by atoms with E-state index in [1.165, 1.54) is 0 Å². The molecule has 0 unspecified atom stereocenters. The van der Waals surface area contributed by atoms with Gasteiger partial charge in [-0.2, -0.15) is 0 Å². The summed E-state index contributed by atoms with van der Waals surface area (Å²) in [5.74, 6) is 0. The van der Waals surface area contributed by atoms with E-state index >= 15 is 0 Å². The van der Waals surface area contributed by atoms with Crippen LogP contribution in [-0.4, -0.2) is 46.3 Å². The second-order valence-electron chi connectivity index (χ2n) is 1.45. The molecule has 0 spiro atoms. The van der Waals surface area contributed by atoms with Crippen LogP contribution in [0, 0.1) is 0 Å². The zero-order chi connectivity index (χ0) is 5.86. The van der Waals surface area contributed by atoms with Gasteiger partial charge >= 0.3 is 51.6 Å². The first kappa shape index (κ1) is 6.99. The average molecular weight is 165 g/mol. The summed E-state index contributed by atoms with van der Waals surface area (Å²) in [6, 6.07) is 0. The van der Waals surface area contributed by atoms with Crippen molar-refractivity contribution in [3.05, 3.63) is 0 Å². The molecule has 0 amide bonds. The molecule has 0 aliphatic rings. The molecule has 0 saturated carbocycles. The van der Waals surface area contributed by atoms with Gasteiger partial charge in [0.25, 0.3) is 0 Å². The van der Waals surface area contributed by atoms with Crippen molar-refractivity contribution in [1.82, 2.24) is 10.2 Å². The second kappa shape index (κ2) is 3.05. The molecule has 1 N–H and O–H groups in total. The van der Waals surface area contributed by atoms with Gasteiger partial charge in [-0.05, 0) is 0 Å². The first-order valence-corrected chi connectivity index (χ1v) is 2.93. The molecule has 0 saturated heterocycles. The Bertz CT molecular complexity index is 70.1. The van der Waals surface area contributed by atoms with E-state index in [4.69, 9.17) is 0 Å². The van der Waals surface area contributed by atoms with Crippen LogP contribution >= 0.6 is 0 Å². The van der Waals surface area contributed by atoms with Crippen LogP contribution in [0.15, 0.2) is 0 Å². The molecular weight excluding hydrogens is 155 g/mol. The Morgan fingerprint density at radius 2 is 2.00 bits per heavy atom. The average Bonchev–Trinajstić information content (AvgIpc) is 1.65. The Morgan fingerprint density at radius 1 is 1.57 bits per heavy atom. The molecule has 0 aromatic heterocycles. The third-order valence-corrected chi connectivity index (χ3v) is 1.81. The molecule has 0 fully saturated rings. The quantitative estimate of drug-likeness (QED) is 0.529. The van der Waals surface area contributed by atoms with Crippen molar-refractivity contribution in [3.63, 3.8) is 0 Å². The summed E-state index contributed by atoms with van der Waals surface area (Å²) in [6.07, 6.45) is 0. The maximum absolute atomic E-state index is 2.95. The standard InChI is InChI=1S/C4H10N2Se/c1-5-4(7)6(2)3/h1-3H3,(H,5,7). The molecular formula is C4H10N2Se. The number of nitrogens with zero attached hydrogens (tertiary/aromatic N) is 1. The minimum atomic E-state index is 1.06. The Morgan fingerprint density at radius 3 is 2.00 bits per heavy atom. The van der Waals surface area contributed by atoms with E-state index in [-0.39, 0.29) is 0 Å². The van der Waals surface area contributed by atoms with Crippen LogP contribution in [0.2, 0.25) is 0 Å². The first-order chi connectivity index (χ1) is 3.18. The second-order valence-corrected chi connectivity index (χ2v) is 2.26. The summed E-state index contributed by atoms with van der Waals surface area (Å²) >= 11 is 2.86. The van der Waals surface area contributed by atoms with Crippen LogP contribution in [0.4, 0.5) is 0 Å². The molecule has 3 heteroatoms. The summed E-state index contributed by atoms with van der Waals surface area (Å²) in [5.41, 5.74) is 0. The number of hydrogen-bond acceptors (Lipinski definition) is 2. The van der Waals surface area contributed by atoms with Gasteiger partial charge < -0.3 is 0 Å². The van der Waals surface area contributed by atoms with E-state index in [9.17, 15) is 0 Å². The third kappa shape index (κ3) is 2.66. The van der Waals surface area contributed by atoms with Crippen molar-refractivity contribution in [3.8, 4) is 0 Å². The monoisotopic (exact) mass is 166 g/mol. The van der Waals surface area contributed by atoms with Crippen LogP contribution in [0.5, 0.6) is 0 Å². The molecule has 0 atom stereocenters. The maximum atomic E-state index is 2.95. The normalized spacial score (nSPS) is 7.86. The molecule has 0 rings (SSSR count). The molecule has 2 nitrogen and oxygen atoms in total. The van der Waals surface area contributed by atoms with Gasteiger partial charge in [0.2, 0.25) is 0 Å². The summed E-state index contributed by atoms with van der Waals surface area (Å²) in [5, 5.41) is 2.95. The Balaban J connectivity index is 3.35. The summed E-state index contributed by atoms with van der Waals surface area (Å²) in [4.78, 5) is 1.97. The van der Waals surface area contributed by atoms with Crippen molar-refractivity contribution >= 4 is 20.2 Å². The summed E-state index contributed by atoms with van der Waals surface area (Å²) < 4.78 is 1.06. The fourth-order valence-corrected chi connectivity index (χ4v) is 0.224. The van der Waals surface area contributed by atoms with E-state index in [0.717, 1.165) is 4.67 Å². The first-order valence-electron chi connectivity index (χ1n) is 2.07. The predicted molar refractivity (Wildman–Crippen MR) is 33.5 cm³/mol. The van der Waals surface area contributed by atoms with E-state index in [1.807, 2.05) is 26.0 Å². The molecule has 0 radical (unpaired) electrons. The van der Waals surface area contributed by atoms with Crippen molar-refractivity contribution in [2.45, 2.75) is 0 Å². The Labute approximate surface area is 52.2 Å². The predicted octanol–water partition coefficient (Wildman–Crippen LogP) is -0.977. The van der Waals surface area contributed by atoms with Crippen molar-refractivity contribution in [2.75, 3.05) is 21.1 Å². The van der Waals surface area contributed by atoms with Gasteiger partial charge in [-0.1, -0.05) is 0 Å². The van der Waals surface area contributed by atoms with Crippen LogP contribution in [0.1, 0.15) is 0 Å². The van der Waals surface area contributed by atoms with Crippen molar-refractivity contribution in [1.29, 1.82) is 0 Å². The summed E-state index contributed by atoms with van der Waals surface area (Å²) in [6.45, 7) is 0. The van der Waals surface area contributed by atoms with Gasteiger partial charge in [-0.3, -0.25) is 0 Å². The van der Waals surface area contributed by atoms with E-state index in [1.54, 1.807) is 0 Å². The van der Waals surface area contributed by atoms with Gasteiger partial charge in [-0.15, -0.1) is 0 Å². The molecule has 0 aromatic rings. The van der Waals surface area contributed by atoms with Crippen LogP contribution in [0.25, 0.3) is 0 Å². The van der Waals surface area contributed by atoms with Crippen LogP contribution in [-0.2, 0) is 0 Å². The van der Waals surface area contributed by atoms with Crippen LogP contribution < -0.4 is 5.32 Å². The fourth-order valence-electron chi connectivity index (χ4n) is 0.224. The minimum absolute atomic E-state index is 1.06. The van der Waals surface area contributed by atoms with Gasteiger partial charge in [0.05, 0.1) is 0 Å². The van der Waals surface area contributed by atoms with E-state index in [0.29, 0.717) is 0 Å². The Hall–Kier alpha value is -0.0105. The zero-order valence-corrected chi connectivity index (χ0v) is 6.57. The van der Waals surface area contributed by atoms with Gasteiger partial charge in [0.1, 0.15) is 0 Å². The van der Waals surface area contributed by atoms with Gasteiger partial charge in [0.15, 0.2) is 0 Å². The Kier molecular flexibility index (Phi) is 3.05. The molecule has 42 valence electrons. The van der Waals surface area contributed by atoms with Gasteiger partial charge in [0, 0.05) is 0 Å². The van der Waals surface area contributed by atoms with Crippen LogP contribution in [0.3, 0.4) is 0 Å². The van der Waals surface area contributed by atoms with Crippen molar-refractivity contribution in [2.24, 2.45) is 0 Å². The van der Waals surface area contributed by atoms with E-state index < -0.39 is 0 Å². The van der Waals surface area contributed by atoms with Crippen molar-refractivity contribution < 1.29 is 0 Å². The number of hydrogen-bond donors (Lipinski definition) is 1. The molecule has 0 aliphatic heterocycles. The SMILES string of the molecule is CNC(=[Se])N(C)C. The molecule has 7 heavy (non-hydrogen) atoms. The van der Waals surface area contributed by atoms with E-state index in [2.05, 4.69) is 20.9 Å². The molecule has 0 bridgehead atoms. The third-order valence-electron chi connectivity index (χ3n) is 0.620. The topological polar surface area (TPSA) is 15.3 Å². The zero-order valence-electron chi connectivity index (χ0n) is 4.86. The summed E-state index contributed by atoms with van der Waals surface area (Å²) in [7, 11) is 5.83. The number of nitrogens with one attached hydrogen (secondary N) is 1. The molecule has 0 heterocycles. The van der Waals surface area contributed by atoms with Gasteiger partial charge in [-0.25, -0.2) is 0 Å².